The molecule has 0 spiro atoms. The van der Waals surface area contributed by atoms with Gasteiger partial charge in [0.2, 0.25) is 0 Å². The van der Waals surface area contributed by atoms with Crippen molar-refractivity contribution in [2.75, 3.05) is 13.2 Å². The van der Waals surface area contributed by atoms with Crippen LogP contribution in [0.1, 0.15) is 27.7 Å². The summed E-state index contributed by atoms with van der Waals surface area (Å²) in [6.07, 6.45) is -0.00593. The summed E-state index contributed by atoms with van der Waals surface area (Å²) in [7, 11) is 0. The van der Waals surface area contributed by atoms with Gasteiger partial charge in [0.25, 0.3) is 0 Å². The minimum absolute atomic E-state index is 0.00593. The van der Waals surface area contributed by atoms with E-state index in [1.54, 1.807) is 0 Å². The molecule has 0 amide bonds. The molecule has 2 heteroatoms. The Labute approximate surface area is 68.9 Å². The van der Waals surface area contributed by atoms with Crippen molar-refractivity contribution in [3.05, 3.63) is 0 Å². The lowest BCUT2D eigenvalue weighted by atomic mass is 9.81. The van der Waals surface area contributed by atoms with Crippen LogP contribution < -0.4 is 0 Å². The average Bonchev–Trinajstić information content (AvgIpc) is 1.86. The van der Waals surface area contributed by atoms with Crippen LogP contribution in [0.2, 0.25) is 0 Å². The third-order valence-electron chi connectivity index (χ3n) is 2.29. The summed E-state index contributed by atoms with van der Waals surface area (Å²) in [5, 5.41) is 0. The van der Waals surface area contributed by atoms with Crippen LogP contribution in [0.3, 0.4) is 0 Å². The Morgan fingerprint density at radius 1 is 1.09 bits per heavy atom. The molecule has 0 aliphatic carbocycles. The lowest BCUT2D eigenvalue weighted by molar-refractivity contribution is -0.205. The van der Waals surface area contributed by atoms with Crippen molar-refractivity contribution in [3.63, 3.8) is 0 Å². The molecule has 1 aliphatic heterocycles. The Hall–Kier alpha value is -0.0800. The molecule has 66 valence electrons. The second-order valence-corrected chi connectivity index (χ2v) is 4.30. The molecule has 0 aromatic heterocycles. The Kier molecular flexibility index (Phi) is 2.55. The van der Waals surface area contributed by atoms with E-state index in [-0.39, 0.29) is 6.29 Å². The second-order valence-electron chi connectivity index (χ2n) is 4.30. The molecular formula is C9H18O2. The van der Waals surface area contributed by atoms with Crippen molar-refractivity contribution in [2.24, 2.45) is 11.3 Å². The van der Waals surface area contributed by atoms with Gasteiger partial charge in [-0.15, -0.1) is 0 Å². The topological polar surface area (TPSA) is 18.5 Å². The van der Waals surface area contributed by atoms with Gasteiger partial charge in [0.15, 0.2) is 6.29 Å². The average molecular weight is 158 g/mol. The summed E-state index contributed by atoms with van der Waals surface area (Å²) in [6, 6.07) is 0. The van der Waals surface area contributed by atoms with Crippen molar-refractivity contribution in [3.8, 4) is 0 Å². The van der Waals surface area contributed by atoms with E-state index in [0.29, 0.717) is 11.3 Å². The van der Waals surface area contributed by atoms with Crippen LogP contribution in [-0.2, 0) is 9.47 Å². The zero-order chi connectivity index (χ0) is 8.48. The van der Waals surface area contributed by atoms with Crippen molar-refractivity contribution in [1.29, 1.82) is 0 Å². The van der Waals surface area contributed by atoms with Crippen LogP contribution in [0.25, 0.3) is 0 Å². The summed E-state index contributed by atoms with van der Waals surface area (Å²) in [5.41, 5.74) is 0.306. The highest BCUT2D eigenvalue weighted by Crippen LogP contribution is 2.29. The van der Waals surface area contributed by atoms with E-state index in [4.69, 9.17) is 9.47 Å². The quantitative estimate of drug-likeness (QED) is 0.537. The van der Waals surface area contributed by atoms with Gasteiger partial charge in [-0.1, -0.05) is 20.8 Å². The van der Waals surface area contributed by atoms with Gasteiger partial charge in [-0.05, 0) is 12.3 Å². The third kappa shape index (κ3) is 2.46. The second kappa shape index (κ2) is 3.11. The fourth-order valence-electron chi connectivity index (χ4n) is 1.10. The van der Waals surface area contributed by atoms with E-state index in [1.807, 2.05) is 6.92 Å². The molecule has 0 aromatic rings. The van der Waals surface area contributed by atoms with E-state index in [2.05, 4.69) is 20.8 Å². The van der Waals surface area contributed by atoms with E-state index in [9.17, 15) is 0 Å². The number of rotatable bonds is 0. The van der Waals surface area contributed by atoms with E-state index >= 15 is 0 Å². The summed E-state index contributed by atoms with van der Waals surface area (Å²) in [5.74, 6) is 0.540. The van der Waals surface area contributed by atoms with Gasteiger partial charge in [0.1, 0.15) is 0 Å². The summed E-state index contributed by atoms with van der Waals surface area (Å²) in [6.45, 7) is 10.3. The lowest BCUT2D eigenvalue weighted by Crippen LogP contribution is -2.37. The summed E-state index contributed by atoms with van der Waals surface area (Å²) in [4.78, 5) is 0. The minimum Gasteiger partial charge on any atom is -0.353 e. The van der Waals surface area contributed by atoms with Gasteiger partial charge in [-0.3, -0.25) is 0 Å². The van der Waals surface area contributed by atoms with Gasteiger partial charge in [0, 0.05) is 5.92 Å². The maximum Gasteiger partial charge on any atom is 0.154 e. The molecule has 2 nitrogen and oxygen atoms in total. The van der Waals surface area contributed by atoms with Crippen LogP contribution in [0, 0.1) is 11.3 Å². The lowest BCUT2D eigenvalue weighted by Gasteiger charge is -2.35. The summed E-state index contributed by atoms with van der Waals surface area (Å²) < 4.78 is 10.8. The number of ether oxygens (including phenoxy) is 2. The van der Waals surface area contributed by atoms with E-state index < -0.39 is 0 Å². The highest BCUT2D eigenvalue weighted by Gasteiger charge is 2.29. The zero-order valence-electron chi connectivity index (χ0n) is 7.89. The van der Waals surface area contributed by atoms with Gasteiger partial charge >= 0.3 is 0 Å². The molecule has 0 aromatic carbocycles. The van der Waals surface area contributed by atoms with E-state index in [0.717, 1.165) is 13.2 Å². The molecule has 11 heavy (non-hydrogen) atoms. The van der Waals surface area contributed by atoms with Crippen molar-refractivity contribution < 1.29 is 9.47 Å². The first-order valence-electron chi connectivity index (χ1n) is 4.23. The Morgan fingerprint density at radius 3 is 1.91 bits per heavy atom. The molecule has 1 saturated heterocycles. The normalized spacial score (nSPS) is 33.8. The van der Waals surface area contributed by atoms with Crippen LogP contribution in [0.15, 0.2) is 0 Å². The van der Waals surface area contributed by atoms with Crippen LogP contribution >= 0.6 is 0 Å². The zero-order valence-corrected chi connectivity index (χ0v) is 7.89. The molecule has 1 heterocycles. The van der Waals surface area contributed by atoms with Crippen LogP contribution in [0.4, 0.5) is 0 Å². The van der Waals surface area contributed by atoms with Crippen LogP contribution in [-0.4, -0.2) is 19.5 Å². The Balaban J connectivity index is 2.39. The Bertz CT molecular complexity index is 118. The van der Waals surface area contributed by atoms with Gasteiger partial charge in [0.05, 0.1) is 13.2 Å². The smallest absolute Gasteiger partial charge is 0.154 e. The Morgan fingerprint density at radius 2 is 1.55 bits per heavy atom. The first-order chi connectivity index (χ1) is 5.00. The largest absolute Gasteiger partial charge is 0.353 e. The molecule has 0 bridgehead atoms. The first-order valence-corrected chi connectivity index (χ1v) is 4.23. The fourth-order valence-corrected chi connectivity index (χ4v) is 1.10. The van der Waals surface area contributed by atoms with Crippen molar-refractivity contribution in [2.45, 2.75) is 34.0 Å². The van der Waals surface area contributed by atoms with Crippen molar-refractivity contribution >= 4 is 0 Å². The van der Waals surface area contributed by atoms with E-state index in [1.165, 1.54) is 0 Å². The molecular weight excluding hydrogens is 140 g/mol. The molecule has 0 saturated carbocycles. The maximum atomic E-state index is 5.39. The molecule has 1 rings (SSSR count). The molecule has 0 atom stereocenters. The molecule has 1 fully saturated rings. The molecule has 0 unspecified atom stereocenters. The molecule has 0 N–H and O–H groups in total. The fraction of sp³-hybridized carbons (Fsp3) is 1.00. The minimum atomic E-state index is -0.00593. The summed E-state index contributed by atoms with van der Waals surface area (Å²) >= 11 is 0. The highest BCUT2D eigenvalue weighted by molar-refractivity contribution is 4.75. The maximum absolute atomic E-state index is 5.39. The van der Waals surface area contributed by atoms with Gasteiger partial charge in [-0.25, -0.2) is 0 Å². The van der Waals surface area contributed by atoms with Crippen molar-refractivity contribution in [1.82, 2.24) is 0 Å². The predicted molar refractivity (Wildman–Crippen MR) is 44.3 cm³/mol. The first kappa shape index (κ1) is 9.01. The monoisotopic (exact) mass is 158 g/mol. The van der Waals surface area contributed by atoms with Gasteiger partial charge < -0.3 is 9.47 Å². The SMILES string of the molecule is CC1OCC(C(C)(C)C)CO1. The molecule has 1 aliphatic rings. The van der Waals surface area contributed by atoms with Gasteiger partial charge in [-0.2, -0.15) is 0 Å². The predicted octanol–water partition coefficient (Wildman–Crippen LogP) is 2.04. The third-order valence-corrected chi connectivity index (χ3v) is 2.29. The highest BCUT2D eigenvalue weighted by atomic mass is 16.7. The number of hydrogen-bond acceptors (Lipinski definition) is 2. The number of hydrogen-bond donors (Lipinski definition) is 0. The standard InChI is InChI=1S/C9H18O2/c1-7-10-5-8(6-11-7)9(2,3)4/h7-8H,5-6H2,1-4H3. The molecule has 0 radical (unpaired) electrons. The van der Waals surface area contributed by atoms with Crippen LogP contribution in [0.5, 0.6) is 0 Å².